The third kappa shape index (κ3) is 4.61. The highest BCUT2D eigenvalue weighted by Gasteiger charge is 2.40. The van der Waals surface area contributed by atoms with Crippen molar-refractivity contribution in [1.82, 2.24) is 10.2 Å². The van der Waals surface area contributed by atoms with Crippen molar-refractivity contribution in [3.05, 3.63) is 29.8 Å². The minimum absolute atomic E-state index is 0.187. The molecule has 23 heavy (non-hydrogen) atoms. The Bertz CT molecular complexity index is 590. The van der Waals surface area contributed by atoms with Crippen LogP contribution in [0.3, 0.4) is 0 Å². The van der Waals surface area contributed by atoms with E-state index in [-0.39, 0.29) is 19.5 Å². The number of halogens is 3. The summed E-state index contributed by atoms with van der Waals surface area (Å²) in [6, 6.07) is 7.09. The number of para-hydroxylation sites is 1. The molecule has 2 amide bonds. The molecule has 0 saturated carbocycles. The second-order valence-corrected chi connectivity index (χ2v) is 5.32. The van der Waals surface area contributed by atoms with Crippen molar-refractivity contribution in [2.24, 2.45) is 5.92 Å². The van der Waals surface area contributed by atoms with E-state index >= 15 is 0 Å². The normalized spacial score (nSPS) is 18.2. The van der Waals surface area contributed by atoms with E-state index in [9.17, 15) is 22.8 Å². The molecule has 0 spiro atoms. The molecule has 1 heterocycles. The van der Waals surface area contributed by atoms with Gasteiger partial charge < -0.3 is 15.0 Å². The van der Waals surface area contributed by atoms with Crippen molar-refractivity contribution in [2.45, 2.75) is 19.1 Å². The van der Waals surface area contributed by atoms with Crippen molar-refractivity contribution in [3.8, 4) is 5.75 Å². The molecular weight excluding hydrogens is 313 g/mol. The Kier molecular flexibility index (Phi) is 5.12. The number of alkyl halides is 3. The Balaban J connectivity index is 1.91. The summed E-state index contributed by atoms with van der Waals surface area (Å²) in [5, 5.41) is 2.64. The zero-order valence-corrected chi connectivity index (χ0v) is 12.5. The zero-order valence-electron chi connectivity index (χ0n) is 12.5. The van der Waals surface area contributed by atoms with E-state index < -0.39 is 30.5 Å². The Morgan fingerprint density at radius 1 is 1.39 bits per heavy atom. The lowest BCUT2D eigenvalue weighted by atomic mass is 10.1. The standard InChI is InChI=1S/C15H17F3N2O3/c1-23-12-5-3-2-4-10(12)7-19-14(22)11-6-13(21)20(8-11)9-15(16,17)18/h2-5,11H,6-9H2,1H3,(H,19,22)/t11-/m0/s1. The van der Waals surface area contributed by atoms with Gasteiger partial charge in [-0.15, -0.1) is 0 Å². The second-order valence-electron chi connectivity index (χ2n) is 5.32. The SMILES string of the molecule is COc1ccccc1CNC(=O)[C@H]1CC(=O)N(CC(F)(F)F)C1. The van der Waals surface area contributed by atoms with Crippen LogP contribution in [0.4, 0.5) is 13.2 Å². The minimum atomic E-state index is -4.46. The highest BCUT2D eigenvalue weighted by molar-refractivity contribution is 5.89. The number of methoxy groups -OCH3 is 1. The number of rotatable bonds is 5. The fraction of sp³-hybridized carbons (Fsp3) is 0.467. The highest BCUT2D eigenvalue weighted by atomic mass is 19.4. The average molecular weight is 330 g/mol. The van der Waals surface area contributed by atoms with E-state index in [2.05, 4.69) is 5.32 Å². The van der Waals surface area contributed by atoms with Crippen molar-refractivity contribution in [1.29, 1.82) is 0 Å². The zero-order chi connectivity index (χ0) is 17.0. The number of carbonyl (C=O) groups excluding carboxylic acids is 2. The molecule has 1 N–H and O–H groups in total. The largest absolute Gasteiger partial charge is 0.496 e. The van der Waals surface area contributed by atoms with Crippen LogP contribution in [0.1, 0.15) is 12.0 Å². The number of hydrogen-bond donors (Lipinski definition) is 1. The van der Waals surface area contributed by atoms with Crippen LogP contribution in [0.15, 0.2) is 24.3 Å². The van der Waals surface area contributed by atoms with Gasteiger partial charge in [0.05, 0.1) is 13.0 Å². The number of likely N-dealkylation sites (tertiary alicyclic amines) is 1. The number of amides is 2. The van der Waals surface area contributed by atoms with E-state index in [1.165, 1.54) is 7.11 Å². The van der Waals surface area contributed by atoms with Crippen LogP contribution in [0.5, 0.6) is 5.75 Å². The van der Waals surface area contributed by atoms with E-state index in [0.29, 0.717) is 10.6 Å². The van der Waals surface area contributed by atoms with Crippen molar-refractivity contribution in [2.75, 3.05) is 20.2 Å². The van der Waals surface area contributed by atoms with Gasteiger partial charge in [-0.1, -0.05) is 18.2 Å². The fourth-order valence-corrected chi connectivity index (χ4v) is 2.49. The molecule has 0 radical (unpaired) electrons. The van der Waals surface area contributed by atoms with E-state index in [1.54, 1.807) is 24.3 Å². The topological polar surface area (TPSA) is 58.6 Å². The van der Waals surface area contributed by atoms with Gasteiger partial charge in [0.25, 0.3) is 0 Å². The van der Waals surface area contributed by atoms with Gasteiger partial charge in [0, 0.05) is 25.1 Å². The lowest BCUT2D eigenvalue weighted by molar-refractivity contribution is -0.157. The average Bonchev–Trinajstić information content (AvgIpc) is 2.84. The van der Waals surface area contributed by atoms with Crippen LogP contribution in [-0.2, 0) is 16.1 Å². The molecule has 126 valence electrons. The molecule has 0 aromatic heterocycles. The smallest absolute Gasteiger partial charge is 0.406 e. The molecule has 1 aliphatic rings. The first-order valence-electron chi connectivity index (χ1n) is 7.04. The predicted octanol–water partition coefficient (Wildman–Crippen LogP) is 1.72. The van der Waals surface area contributed by atoms with Crippen molar-refractivity contribution < 1.29 is 27.5 Å². The first-order chi connectivity index (χ1) is 10.8. The number of carbonyl (C=O) groups is 2. The molecule has 0 aliphatic carbocycles. The summed E-state index contributed by atoms with van der Waals surface area (Å²) in [7, 11) is 1.51. The second kappa shape index (κ2) is 6.89. The Labute approximate surface area is 131 Å². The Morgan fingerprint density at radius 3 is 2.74 bits per heavy atom. The number of ether oxygens (including phenoxy) is 1. The lowest BCUT2D eigenvalue weighted by Gasteiger charge is -2.18. The highest BCUT2D eigenvalue weighted by Crippen LogP contribution is 2.24. The van der Waals surface area contributed by atoms with Gasteiger partial charge in [0.15, 0.2) is 0 Å². The summed E-state index contributed by atoms with van der Waals surface area (Å²) in [6.45, 7) is -1.34. The number of nitrogens with zero attached hydrogens (tertiary/aromatic N) is 1. The minimum Gasteiger partial charge on any atom is -0.496 e. The first kappa shape index (κ1) is 17.1. The summed E-state index contributed by atoms with van der Waals surface area (Å²) in [6.07, 6.45) is -4.66. The number of benzene rings is 1. The molecule has 1 fully saturated rings. The molecule has 5 nitrogen and oxygen atoms in total. The molecule has 2 rings (SSSR count). The molecule has 1 aliphatic heterocycles. The lowest BCUT2D eigenvalue weighted by Crippen LogP contribution is -2.37. The summed E-state index contributed by atoms with van der Waals surface area (Å²) in [5.41, 5.74) is 0.750. The quantitative estimate of drug-likeness (QED) is 0.894. The van der Waals surface area contributed by atoms with Crippen LogP contribution in [0.25, 0.3) is 0 Å². The molecule has 1 atom stereocenters. The van der Waals surface area contributed by atoms with Gasteiger partial charge in [-0.3, -0.25) is 9.59 Å². The van der Waals surface area contributed by atoms with Crippen LogP contribution < -0.4 is 10.1 Å². The molecule has 0 bridgehead atoms. The van der Waals surface area contributed by atoms with E-state index in [1.807, 2.05) is 0 Å². The third-order valence-corrected chi connectivity index (χ3v) is 3.60. The van der Waals surface area contributed by atoms with E-state index in [0.717, 1.165) is 5.56 Å². The van der Waals surface area contributed by atoms with Gasteiger partial charge in [0.2, 0.25) is 11.8 Å². The maximum Gasteiger partial charge on any atom is 0.406 e. The van der Waals surface area contributed by atoms with E-state index in [4.69, 9.17) is 4.74 Å². The molecule has 1 aromatic rings. The van der Waals surface area contributed by atoms with Crippen LogP contribution in [0, 0.1) is 5.92 Å². The van der Waals surface area contributed by atoms with Crippen molar-refractivity contribution >= 4 is 11.8 Å². The molecule has 0 unspecified atom stereocenters. The maximum atomic E-state index is 12.4. The Morgan fingerprint density at radius 2 is 2.09 bits per heavy atom. The summed E-state index contributed by atoms with van der Waals surface area (Å²) >= 11 is 0. The third-order valence-electron chi connectivity index (χ3n) is 3.60. The fourth-order valence-electron chi connectivity index (χ4n) is 2.49. The van der Waals surface area contributed by atoms with Gasteiger partial charge in [0.1, 0.15) is 12.3 Å². The first-order valence-corrected chi connectivity index (χ1v) is 7.04. The van der Waals surface area contributed by atoms with Gasteiger partial charge in [-0.25, -0.2) is 0 Å². The predicted molar refractivity (Wildman–Crippen MR) is 75.6 cm³/mol. The van der Waals surface area contributed by atoms with Gasteiger partial charge in [-0.05, 0) is 6.07 Å². The molecule has 1 saturated heterocycles. The summed E-state index contributed by atoms with van der Waals surface area (Å²) < 4.78 is 42.2. The van der Waals surface area contributed by atoms with Gasteiger partial charge in [-0.2, -0.15) is 13.2 Å². The van der Waals surface area contributed by atoms with Crippen LogP contribution in [0.2, 0.25) is 0 Å². The summed E-state index contributed by atoms with van der Waals surface area (Å²) in [4.78, 5) is 24.3. The van der Waals surface area contributed by atoms with Crippen LogP contribution >= 0.6 is 0 Å². The molecular formula is C15H17F3N2O3. The van der Waals surface area contributed by atoms with Crippen molar-refractivity contribution in [3.63, 3.8) is 0 Å². The Hall–Kier alpha value is -2.25. The van der Waals surface area contributed by atoms with Crippen LogP contribution in [-0.4, -0.2) is 43.1 Å². The van der Waals surface area contributed by atoms with Gasteiger partial charge >= 0.3 is 6.18 Å². The molecule has 8 heteroatoms. The summed E-state index contributed by atoms with van der Waals surface area (Å²) in [5.74, 6) is -1.25. The number of hydrogen-bond acceptors (Lipinski definition) is 3. The maximum absolute atomic E-state index is 12.4. The number of nitrogens with one attached hydrogen (secondary N) is 1. The molecule has 1 aromatic carbocycles. The monoisotopic (exact) mass is 330 g/mol.